The Bertz CT molecular complexity index is 88.5. The summed E-state index contributed by atoms with van der Waals surface area (Å²) in [6.45, 7) is -0.151. The first-order valence-electron chi connectivity index (χ1n) is 2.93. The quantitative estimate of drug-likeness (QED) is 0.421. The number of aliphatic hydroxyl groups excluding tert-OH is 2. The summed E-state index contributed by atoms with van der Waals surface area (Å²) in [5.41, 5.74) is 0. The molecule has 0 aromatic rings. The van der Waals surface area contributed by atoms with Crippen LogP contribution in [0.15, 0.2) is 0 Å². The molecule has 11 heavy (non-hydrogen) atoms. The number of amides is 1. The van der Waals surface area contributed by atoms with Crippen LogP contribution in [0, 0.1) is 0 Å². The van der Waals surface area contributed by atoms with Crippen molar-refractivity contribution >= 4 is 6.09 Å². The molecule has 0 rings (SSSR count). The number of rotatable bonds is 4. The number of ether oxygens (including phenoxy) is 1. The minimum absolute atomic E-state index is 0. The molecular formula is C5H14N2O4. The fourth-order valence-electron chi connectivity index (χ4n) is 0.347. The van der Waals surface area contributed by atoms with E-state index >= 15 is 0 Å². The number of nitrogens with one attached hydrogen (secondary N) is 1. The summed E-state index contributed by atoms with van der Waals surface area (Å²) in [6.07, 6.45) is -0.622. The number of aliphatic hydroxyl groups is 2. The van der Waals surface area contributed by atoms with Crippen molar-refractivity contribution in [2.75, 3.05) is 26.4 Å². The van der Waals surface area contributed by atoms with Gasteiger partial charge in [-0.2, -0.15) is 0 Å². The first-order valence-corrected chi connectivity index (χ1v) is 2.93. The van der Waals surface area contributed by atoms with Crippen LogP contribution in [0.4, 0.5) is 4.79 Å². The Labute approximate surface area is 64.7 Å². The molecule has 0 atom stereocenters. The van der Waals surface area contributed by atoms with Gasteiger partial charge in [0, 0.05) is 6.54 Å². The van der Waals surface area contributed by atoms with Gasteiger partial charge in [-0.25, -0.2) is 4.79 Å². The van der Waals surface area contributed by atoms with Crippen molar-refractivity contribution in [1.82, 2.24) is 11.5 Å². The van der Waals surface area contributed by atoms with Gasteiger partial charge in [0.15, 0.2) is 0 Å². The Balaban J connectivity index is 0. The van der Waals surface area contributed by atoms with Gasteiger partial charge in [-0.3, -0.25) is 0 Å². The minimum Gasteiger partial charge on any atom is -0.447 e. The summed E-state index contributed by atoms with van der Waals surface area (Å²) in [5, 5.41) is 18.7. The van der Waals surface area contributed by atoms with E-state index in [-0.39, 0.29) is 32.5 Å². The van der Waals surface area contributed by atoms with Crippen LogP contribution in [-0.4, -0.2) is 42.7 Å². The first-order chi connectivity index (χ1) is 4.81. The maximum atomic E-state index is 10.4. The SMILES string of the molecule is N.O=C(NCCO)OCCO. The lowest BCUT2D eigenvalue weighted by atomic mass is 10.7. The van der Waals surface area contributed by atoms with Crippen LogP contribution in [-0.2, 0) is 4.74 Å². The number of carbonyl (C=O) groups is 1. The van der Waals surface area contributed by atoms with Gasteiger partial charge in [0.2, 0.25) is 0 Å². The Hall–Kier alpha value is -0.850. The van der Waals surface area contributed by atoms with Crippen molar-refractivity contribution in [1.29, 1.82) is 0 Å². The van der Waals surface area contributed by atoms with Gasteiger partial charge < -0.3 is 26.4 Å². The summed E-state index contributed by atoms with van der Waals surface area (Å²) in [4.78, 5) is 10.4. The third-order valence-corrected chi connectivity index (χ3v) is 0.706. The summed E-state index contributed by atoms with van der Waals surface area (Å²) < 4.78 is 4.38. The molecule has 0 saturated carbocycles. The van der Waals surface area contributed by atoms with E-state index in [1.165, 1.54) is 0 Å². The lowest BCUT2D eigenvalue weighted by Crippen LogP contribution is -2.27. The lowest BCUT2D eigenvalue weighted by molar-refractivity contribution is 0.117. The molecule has 0 saturated heterocycles. The molecule has 0 bridgehead atoms. The largest absolute Gasteiger partial charge is 0.447 e. The van der Waals surface area contributed by atoms with Gasteiger partial charge in [-0.05, 0) is 0 Å². The van der Waals surface area contributed by atoms with Crippen molar-refractivity contribution in [3.05, 3.63) is 0 Å². The summed E-state index contributed by atoms with van der Waals surface area (Å²) in [7, 11) is 0. The topological polar surface area (TPSA) is 114 Å². The van der Waals surface area contributed by atoms with E-state index < -0.39 is 6.09 Å². The molecule has 0 aromatic heterocycles. The van der Waals surface area contributed by atoms with Crippen molar-refractivity contribution in [3.63, 3.8) is 0 Å². The van der Waals surface area contributed by atoms with Crippen LogP contribution in [0.1, 0.15) is 0 Å². The Morgan fingerprint density at radius 1 is 1.36 bits per heavy atom. The van der Waals surface area contributed by atoms with Crippen LogP contribution in [0.3, 0.4) is 0 Å². The predicted molar refractivity (Wildman–Crippen MR) is 38.5 cm³/mol. The monoisotopic (exact) mass is 166 g/mol. The molecule has 0 heterocycles. The molecule has 6 heteroatoms. The molecule has 0 aliphatic heterocycles. The van der Waals surface area contributed by atoms with Crippen molar-refractivity contribution in [3.8, 4) is 0 Å². The summed E-state index contributed by atoms with van der Waals surface area (Å²) in [6, 6.07) is 0. The van der Waals surface area contributed by atoms with Crippen molar-refractivity contribution in [2.45, 2.75) is 0 Å². The van der Waals surface area contributed by atoms with Crippen LogP contribution in [0.2, 0.25) is 0 Å². The van der Waals surface area contributed by atoms with Crippen molar-refractivity contribution < 1.29 is 19.7 Å². The fraction of sp³-hybridized carbons (Fsp3) is 0.800. The zero-order valence-electron chi connectivity index (χ0n) is 6.25. The highest BCUT2D eigenvalue weighted by Crippen LogP contribution is 1.74. The molecule has 6 nitrogen and oxygen atoms in total. The predicted octanol–water partition coefficient (Wildman–Crippen LogP) is -1.14. The Morgan fingerprint density at radius 3 is 2.45 bits per heavy atom. The number of hydrogen-bond acceptors (Lipinski definition) is 5. The second kappa shape index (κ2) is 9.15. The first kappa shape index (κ1) is 12.8. The van der Waals surface area contributed by atoms with Crippen LogP contribution in [0.5, 0.6) is 0 Å². The molecule has 0 radical (unpaired) electrons. The number of carbonyl (C=O) groups excluding carboxylic acids is 1. The van der Waals surface area contributed by atoms with E-state index in [1.54, 1.807) is 0 Å². The maximum Gasteiger partial charge on any atom is 0.407 e. The van der Waals surface area contributed by atoms with E-state index in [0.29, 0.717) is 0 Å². The molecule has 0 spiro atoms. The summed E-state index contributed by atoms with van der Waals surface area (Å²) in [5.74, 6) is 0. The van der Waals surface area contributed by atoms with E-state index in [4.69, 9.17) is 10.2 Å². The van der Waals surface area contributed by atoms with Crippen molar-refractivity contribution in [2.24, 2.45) is 0 Å². The third-order valence-electron chi connectivity index (χ3n) is 0.706. The molecule has 0 aliphatic rings. The van der Waals surface area contributed by atoms with E-state index in [1.807, 2.05) is 0 Å². The van der Waals surface area contributed by atoms with Gasteiger partial charge in [-0.1, -0.05) is 0 Å². The average molecular weight is 166 g/mol. The van der Waals surface area contributed by atoms with E-state index in [9.17, 15) is 4.79 Å². The van der Waals surface area contributed by atoms with E-state index in [0.717, 1.165) is 0 Å². The molecule has 0 unspecified atom stereocenters. The van der Waals surface area contributed by atoms with Crippen LogP contribution >= 0.6 is 0 Å². The van der Waals surface area contributed by atoms with Gasteiger partial charge in [0.1, 0.15) is 6.61 Å². The second-order valence-electron chi connectivity index (χ2n) is 1.51. The van der Waals surface area contributed by atoms with Gasteiger partial charge in [0.25, 0.3) is 0 Å². The molecule has 6 N–H and O–H groups in total. The van der Waals surface area contributed by atoms with Gasteiger partial charge in [0.05, 0.1) is 13.2 Å². The molecule has 0 aliphatic carbocycles. The summed E-state index contributed by atoms with van der Waals surface area (Å²) >= 11 is 0. The zero-order valence-corrected chi connectivity index (χ0v) is 6.25. The highest BCUT2D eigenvalue weighted by atomic mass is 16.6. The third kappa shape index (κ3) is 9.15. The average Bonchev–Trinajstić information content (AvgIpc) is 1.97. The molecule has 0 fully saturated rings. The minimum atomic E-state index is -0.622. The highest BCUT2D eigenvalue weighted by molar-refractivity contribution is 5.66. The standard InChI is InChI=1S/C5H11NO4.H3N/c7-2-1-6-5(9)10-4-3-8;/h7-8H,1-4H2,(H,6,9);1H3. The second-order valence-corrected chi connectivity index (χ2v) is 1.51. The molecule has 0 aromatic carbocycles. The van der Waals surface area contributed by atoms with Crippen LogP contribution < -0.4 is 11.5 Å². The molecule has 1 amide bonds. The van der Waals surface area contributed by atoms with Gasteiger partial charge >= 0.3 is 6.09 Å². The van der Waals surface area contributed by atoms with Gasteiger partial charge in [-0.15, -0.1) is 0 Å². The highest BCUT2D eigenvalue weighted by Gasteiger charge is 1.97. The molecule has 68 valence electrons. The van der Waals surface area contributed by atoms with E-state index in [2.05, 4.69) is 10.1 Å². The number of alkyl carbamates (subject to hydrolysis) is 1. The van der Waals surface area contributed by atoms with Crippen LogP contribution in [0.25, 0.3) is 0 Å². The maximum absolute atomic E-state index is 10.4. The fourth-order valence-corrected chi connectivity index (χ4v) is 0.347. The number of hydrogen-bond donors (Lipinski definition) is 4. The Morgan fingerprint density at radius 2 is 2.00 bits per heavy atom. The Kier molecular flexibility index (Phi) is 10.6. The molecular weight excluding hydrogens is 152 g/mol. The normalized spacial score (nSPS) is 8.18. The zero-order chi connectivity index (χ0) is 7.82. The smallest absolute Gasteiger partial charge is 0.407 e. The lowest BCUT2D eigenvalue weighted by Gasteiger charge is -2.02.